The molecule has 1 aromatic heterocycles. The molecule has 2 aromatic rings. The zero-order chi connectivity index (χ0) is 13.8. The van der Waals surface area contributed by atoms with Gasteiger partial charge in [-0.05, 0) is 32.3 Å². The lowest BCUT2D eigenvalue weighted by Gasteiger charge is -2.10. The Bertz CT molecular complexity index is 601. The molecule has 2 rings (SSSR count). The van der Waals surface area contributed by atoms with Gasteiger partial charge in [-0.1, -0.05) is 0 Å². The summed E-state index contributed by atoms with van der Waals surface area (Å²) in [5.74, 6) is 0.927. The number of nitro groups is 1. The van der Waals surface area contributed by atoms with E-state index in [1.54, 1.807) is 42.2 Å². The molecule has 0 N–H and O–H groups in total. The van der Waals surface area contributed by atoms with Gasteiger partial charge in [0.05, 0.1) is 15.8 Å². The van der Waals surface area contributed by atoms with Crippen LogP contribution in [0.2, 0.25) is 0 Å². The minimum Gasteiger partial charge on any atom is -0.309 e. The van der Waals surface area contributed by atoms with Crippen LogP contribution in [-0.4, -0.2) is 41.2 Å². The molecule has 0 radical (unpaired) electrons. The number of hydrogen-bond acceptors (Lipinski definition) is 5. The van der Waals surface area contributed by atoms with Crippen molar-refractivity contribution in [2.24, 2.45) is 0 Å². The van der Waals surface area contributed by atoms with E-state index in [2.05, 4.69) is 9.88 Å². The van der Waals surface area contributed by atoms with Gasteiger partial charge in [-0.25, -0.2) is 0 Å². The predicted octanol–water partition coefficient (Wildman–Crippen LogP) is 2.80. The number of fused-ring (bicyclic) bond motifs is 1. The SMILES string of the molecule is CN(C)CCSc1ccc([N+](=O)[O-])c2cccnc12. The summed E-state index contributed by atoms with van der Waals surface area (Å²) < 4.78 is 0. The van der Waals surface area contributed by atoms with Gasteiger partial charge in [0.15, 0.2) is 0 Å². The van der Waals surface area contributed by atoms with Crippen molar-refractivity contribution in [3.05, 3.63) is 40.6 Å². The Morgan fingerprint density at radius 2 is 2.16 bits per heavy atom. The molecular formula is C13H15N3O2S. The lowest BCUT2D eigenvalue weighted by molar-refractivity contribution is -0.383. The van der Waals surface area contributed by atoms with Gasteiger partial charge in [0.1, 0.15) is 0 Å². The Balaban J connectivity index is 2.36. The topological polar surface area (TPSA) is 59.3 Å². The van der Waals surface area contributed by atoms with Crippen molar-refractivity contribution < 1.29 is 4.92 Å². The molecule has 0 unspecified atom stereocenters. The van der Waals surface area contributed by atoms with E-state index in [0.29, 0.717) is 10.9 Å². The number of pyridine rings is 1. The van der Waals surface area contributed by atoms with E-state index in [0.717, 1.165) is 17.2 Å². The fourth-order valence-corrected chi connectivity index (χ4v) is 2.89. The molecule has 0 saturated carbocycles. The summed E-state index contributed by atoms with van der Waals surface area (Å²) in [4.78, 5) is 18.0. The van der Waals surface area contributed by atoms with Crippen LogP contribution in [0.1, 0.15) is 0 Å². The van der Waals surface area contributed by atoms with Crippen LogP contribution in [0, 0.1) is 10.1 Å². The zero-order valence-electron chi connectivity index (χ0n) is 10.9. The van der Waals surface area contributed by atoms with Crippen LogP contribution >= 0.6 is 11.8 Å². The first kappa shape index (κ1) is 13.8. The molecule has 6 heteroatoms. The lowest BCUT2D eigenvalue weighted by atomic mass is 10.2. The third-order valence-electron chi connectivity index (χ3n) is 2.70. The number of nitrogens with zero attached hydrogens (tertiary/aromatic N) is 3. The average molecular weight is 277 g/mol. The number of thioether (sulfide) groups is 1. The molecule has 100 valence electrons. The molecule has 0 bridgehead atoms. The molecular weight excluding hydrogens is 262 g/mol. The molecule has 19 heavy (non-hydrogen) atoms. The maximum absolute atomic E-state index is 11.0. The molecule has 5 nitrogen and oxygen atoms in total. The second-order valence-corrected chi connectivity index (χ2v) is 5.53. The highest BCUT2D eigenvalue weighted by Crippen LogP contribution is 2.32. The van der Waals surface area contributed by atoms with Gasteiger partial charge < -0.3 is 4.90 Å². The molecule has 1 heterocycles. The summed E-state index contributed by atoms with van der Waals surface area (Å²) in [6.45, 7) is 0.954. The third kappa shape index (κ3) is 3.21. The first-order valence-corrected chi connectivity index (χ1v) is 6.88. The van der Waals surface area contributed by atoms with Crippen molar-refractivity contribution in [2.75, 3.05) is 26.4 Å². The van der Waals surface area contributed by atoms with Crippen LogP contribution in [0.3, 0.4) is 0 Å². The molecule has 0 aliphatic carbocycles. The monoisotopic (exact) mass is 277 g/mol. The predicted molar refractivity (Wildman–Crippen MR) is 77.7 cm³/mol. The summed E-state index contributed by atoms with van der Waals surface area (Å²) in [7, 11) is 4.04. The fraction of sp³-hybridized carbons (Fsp3) is 0.308. The summed E-state index contributed by atoms with van der Waals surface area (Å²) in [5.41, 5.74) is 0.820. The molecule has 0 atom stereocenters. The van der Waals surface area contributed by atoms with E-state index in [1.807, 2.05) is 14.1 Å². The van der Waals surface area contributed by atoms with Crippen LogP contribution in [0.15, 0.2) is 35.4 Å². The Morgan fingerprint density at radius 1 is 1.37 bits per heavy atom. The number of benzene rings is 1. The first-order valence-electron chi connectivity index (χ1n) is 5.89. The summed E-state index contributed by atoms with van der Waals surface area (Å²) in [6, 6.07) is 6.82. The second-order valence-electron chi connectivity index (χ2n) is 4.39. The van der Waals surface area contributed by atoms with Gasteiger partial charge in [0.2, 0.25) is 0 Å². The smallest absolute Gasteiger partial charge is 0.278 e. The van der Waals surface area contributed by atoms with Crippen LogP contribution < -0.4 is 0 Å². The highest BCUT2D eigenvalue weighted by atomic mass is 32.2. The minimum atomic E-state index is -0.363. The van der Waals surface area contributed by atoms with E-state index in [9.17, 15) is 10.1 Å². The number of hydrogen-bond donors (Lipinski definition) is 0. The molecule has 0 saturated heterocycles. The Hall–Kier alpha value is -1.66. The van der Waals surface area contributed by atoms with E-state index in [1.165, 1.54) is 0 Å². The fourth-order valence-electron chi connectivity index (χ4n) is 1.75. The normalized spacial score (nSPS) is 11.1. The van der Waals surface area contributed by atoms with Crippen LogP contribution in [0.4, 0.5) is 5.69 Å². The van der Waals surface area contributed by atoms with E-state index >= 15 is 0 Å². The summed E-state index contributed by atoms with van der Waals surface area (Å²) >= 11 is 1.67. The van der Waals surface area contributed by atoms with Crippen molar-refractivity contribution in [1.29, 1.82) is 0 Å². The highest BCUT2D eigenvalue weighted by molar-refractivity contribution is 7.99. The number of non-ortho nitro benzene ring substituents is 1. The van der Waals surface area contributed by atoms with Gasteiger partial charge >= 0.3 is 0 Å². The summed E-state index contributed by atoms with van der Waals surface area (Å²) in [6.07, 6.45) is 1.67. The van der Waals surface area contributed by atoms with E-state index < -0.39 is 0 Å². The van der Waals surface area contributed by atoms with Crippen molar-refractivity contribution in [3.63, 3.8) is 0 Å². The van der Waals surface area contributed by atoms with Crippen molar-refractivity contribution in [3.8, 4) is 0 Å². The molecule has 1 aromatic carbocycles. The summed E-state index contributed by atoms with van der Waals surface area (Å²) in [5, 5.41) is 11.6. The van der Waals surface area contributed by atoms with E-state index in [4.69, 9.17) is 0 Å². The van der Waals surface area contributed by atoms with Crippen molar-refractivity contribution in [1.82, 2.24) is 9.88 Å². The average Bonchev–Trinajstić information content (AvgIpc) is 2.38. The minimum absolute atomic E-state index is 0.111. The molecule has 0 aliphatic heterocycles. The number of rotatable bonds is 5. The maximum atomic E-state index is 11.0. The largest absolute Gasteiger partial charge is 0.309 e. The quantitative estimate of drug-likeness (QED) is 0.478. The molecule has 0 aliphatic rings. The van der Waals surface area contributed by atoms with Crippen LogP contribution in [0.25, 0.3) is 10.9 Å². The maximum Gasteiger partial charge on any atom is 0.278 e. The Morgan fingerprint density at radius 3 is 2.84 bits per heavy atom. The van der Waals surface area contributed by atoms with E-state index in [-0.39, 0.29) is 10.6 Å². The Kier molecular flexibility index (Phi) is 4.34. The molecule has 0 amide bonds. The number of aromatic nitrogens is 1. The van der Waals surface area contributed by atoms with Crippen LogP contribution in [-0.2, 0) is 0 Å². The molecule has 0 fully saturated rings. The van der Waals surface area contributed by atoms with Crippen molar-refractivity contribution >= 4 is 28.4 Å². The van der Waals surface area contributed by atoms with Gasteiger partial charge in [-0.3, -0.25) is 15.1 Å². The first-order chi connectivity index (χ1) is 9.09. The number of nitro benzene ring substituents is 1. The lowest BCUT2D eigenvalue weighted by Crippen LogP contribution is -2.14. The van der Waals surface area contributed by atoms with Gasteiger partial charge in [-0.15, -0.1) is 11.8 Å². The standard InChI is InChI=1S/C13H15N3O2S/c1-15(2)8-9-19-12-6-5-11(16(17)18)10-4-3-7-14-13(10)12/h3-7H,8-9H2,1-2H3. The van der Waals surface area contributed by atoms with Crippen molar-refractivity contribution in [2.45, 2.75) is 4.90 Å². The zero-order valence-corrected chi connectivity index (χ0v) is 11.7. The van der Waals surface area contributed by atoms with Crippen LogP contribution in [0.5, 0.6) is 0 Å². The highest BCUT2D eigenvalue weighted by Gasteiger charge is 2.14. The second kappa shape index (κ2) is 5.99. The van der Waals surface area contributed by atoms with Gasteiger partial charge in [0, 0.05) is 29.5 Å². The van der Waals surface area contributed by atoms with Gasteiger partial charge in [-0.2, -0.15) is 0 Å². The third-order valence-corrected chi connectivity index (χ3v) is 3.73. The molecule has 0 spiro atoms. The Labute approximate surface area is 115 Å². The van der Waals surface area contributed by atoms with Gasteiger partial charge in [0.25, 0.3) is 5.69 Å².